The fourth-order valence-corrected chi connectivity index (χ4v) is 4.26. The zero-order valence-corrected chi connectivity index (χ0v) is 16.2. The van der Waals surface area contributed by atoms with E-state index in [1.165, 1.54) is 21.3 Å². The molecule has 0 aliphatic carbocycles. The van der Waals surface area contributed by atoms with E-state index in [9.17, 15) is 13.2 Å². The van der Waals surface area contributed by atoms with Crippen LogP contribution in [0.25, 0.3) is 0 Å². The minimum Gasteiger partial charge on any atom is -0.385 e. The van der Waals surface area contributed by atoms with Gasteiger partial charge in [-0.05, 0) is 24.6 Å². The average molecular weight is 377 g/mol. The molecule has 6 nitrogen and oxygen atoms in total. The summed E-state index contributed by atoms with van der Waals surface area (Å²) in [4.78, 5) is 14.0. The van der Waals surface area contributed by atoms with Gasteiger partial charge in [-0.15, -0.1) is 0 Å². The molecule has 136 valence electrons. The highest BCUT2D eigenvalue weighted by molar-refractivity contribution is 7.89. The molecule has 1 rings (SSSR count). The molecule has 0 unspecified atom stereocenters. The summed E-state index contributed by atoms with van der Waals surface area (Å²) in [6.45, 7) is 5.27. The number of ether oxygens (including phenoxy) is 1. The van der Waals surface area contributed by atoms with E-state index in [2.05, 4.69) is 0 Å². The standard InChI is InChI=1S/C16H25ClN2O4S/c1-5-19(6-2)24(21,22)15-12-13(8-9-14(15)17)16(20)18(3)10-7-11-23-4/h8-9,12H,5-7,10-11H2,1-4H3. The van der Waals surface area contributed by atoms with Gasteiger partial charge in [0.2, 0.25) is 10.0 Å². The first kappa shape index (κ1) is 20.9. The summed E-state index contributed by atoms with van der Waals surface area (Å²) in [5, 5.41) is 0.112. The highest BCUT2D eigenvalue weighted by Gasteiger charge is 2.26. The number of nitrogens with zero attached hydrogens (tertiary/aromatic N) is 2. The number of sulfonamides is 1. The van der Waals surface area contributed by atoms with Gasteiger partial charge in [-0.1, -0.05) is 25.4 Å². The maximum Gasteiger partial charge on any atom is 0.253 e. The summed E-state index contributed by atoms with van der Waals surface area (Å²) in [6.07, 6.45) is 0.705. The Bertz CT molecular complexity index is 660. The molecule has 0 atom stereocenters. The van der Waals surface area contributed by atoms with E-state index in [1.807, 2.05) is 0 Å². The van der Waals surface area contributed by atoms with Crippen LogP contribution >= 0.6 is 11.6 Å². The quantitative estimate of drug-likeness (QED) is 0.621. The van der Waals surface area contributed by atoms with Gasteiger partial charge in [0, 0.05) is 46.0 Å². The van der Waals surface area contributed by atoms with Crippen molar-refractivity contribution in [2.75, 3.05) is 40.4 Å². The van der Waals surface area contributed by atoms with E-state index in [0.717, 1.165) is 0 Å². The van der Waals surface area contributed by atoms with E-state index in [-0.39, 0.29) is 15.8 Å². The van der Waals surface area contributed by atoms with Crippen molar-refractivity contribution in [1.29, 1.82) is 0 Å². The van der Waals surface area contributed by atoms with Crippen LogP contribution in [0.2, 0.25) is 5.02 Å². The molecule has 0 bridgehead atoms. The molecule has 0 heterocycles. The second-order valence-corrected chi connectivity index (χ2v) is 7.62. The molecule has 0 saturated heterocycles. The summed E-state index contributed by atoms with van der Waals surface area (Å²) in [6, 6.07) is 4.35. The summed E-state index contributed by atoms with van der Waals surface area (Å²) < 4.78 is 31.6. The Kier molecular flexibility index (Phi) is 8.15. The summed E-state index contributed by atoms with van der Waals surface area (Å²) in [5.74, 6) is -0.251. The second kappa shape index (κ2) is 9.36. The molecule has 0 radical (unpaired) electrons. The zero-order valence-electron chi connectivity index (χ0n) is 14.6. The van der Waals surface area contributed by atoms with E-state index in [1.54, 1.807) is 34.1 Å². The maximum atomic E-state index is 12.7. The predicted molar refractivity (Wildman–Crippen MR) is 95.0 cm³/mol. The second-order valence-electron chi connectivity index (χ2n) is 5.31. The number of halogens is 1. The molecule has 0 aromatic heterocycles. The molecule has 0 N–H and O–H groups in total. The molecule has 0 aliphatic rings. The predicted octanol–water partition coefficient (Wildman–Crippen LogP) is 2.48. The van der Waals surface area contributed by atoms with Gasteiger partial charge in [-0.25, -0.2) is 8.42 Å². The number of carbonyl (C=O) groups is 1. The van der Waals surface area contributed by atoms with Crippen molar-refractivity contribution in [3.8, 4) is 0 Å². The van der Waals surface area contributed by atoms with Crippen molar-refractivity contribution >= 4 is 27.5 Å². The van der Waals surface area contributed by atoms with Gasteiger partial charge in [0.1, 0.15) is 4.90 Å². The number of rotatable bonds is 9. The number of hydrogen-bond acceptors (Lipinski definition) is 4. The first-order chi connectivity index (χ1) is 11.3. The van der Waals surface area contributed by atoms with Crippen LogP contribution in [-0.4, -0.2) is 63.9 Å². The van der Waals surface area contributed by atoms with Gasteiger partial charge in [0.05, 0.1) is 5.02 Å². The SMILES string of the molecule is CCN(CC)S(=O)(=O)c1cc(C(=O)N(C)CCCOC)ccc1Cl. The lowest BCUT2D eigenvalue weighted by Gasteiger charge is -2.21. The molecule has 0 spiro atoms. The fraction of sp³-hybridized carbons (Fsp3) is 0.562. The Morgan fingerprint density at radius 2 is 1.88 bits per heavy atom. The molecule has 1 aromatic rings. The zero-order chi connectivity index (χ0) is 18.3. The average Bonchev–Trinajstić information content (AvgIpc) is 2.55. The maximum absolute atomic E-state index is 12.7. The minimum absolute atomic E-state index is 0.0380. The molecule has 0 fully saturated rings. The van der Waals surface area contributed by atoms with Crippen LogP contribution < -0.4 is 0 Å². The van der Waals surface area contributed by atoms with Crippen LogP contribution in [0.5, 0.6) is 0 Å². The molecule has 1 amide bonds. The molecule has 0 saturated carbocycles. The van der Waals surface area contributed by atoms with Crippen LogP contribution in [-0.2, 0) is 14.8 Å². The Morgan fingerprint density at radius 3 is 2.42 bits per heavy atom. The van der Waals surface area contributed by atoms with Crippen LogP contribution in [0.3, 0.4) is 0 Å². The highest BCUT2D eigenvalue weighted by Crippen LogP contribution is 2.26. The van der Waals surface area contributed by atoms with E-state index in [0.29, 0.717) is 38.2 Å². The summed E-state index contributed by atoms with van der Waals surface area (Å²) in [5.41, 5.74) is 0.296. The van der Waals surface area contributed by atoms with Gasteiger partial charge in [0.15, 0.2) is 0 Å². The molecule has 1 aromatic carbocycles. The van der Waals surface area contributed by atoms with Crippen molar-refractivity contribution in [2.45, 2.75) is 25.2 Å². The number of hydrogen-bond donors (Lipinski definition) is 0. The van der Waals surface area contributed by atoms with Gasteiger partial charge < -0.3 is 9.64 Å². The van der Waals surface area contributed by atoms with Crippen molar-refractivity contribution in [3.05, 3.63) is 28.8 Å². The van der Waals surface area contributed by atoms with Crippen LogP contribution in [0.4, 0.5) is 0 Å². The lowest BCUT2D eigenvalue weighted by molar-refractivity contribution is 0.0779. The van der Waals surface area contributed by atoms with Gasteiger partial charge in [0.25, 0.3) is 5.91 Å². The smallest absolute Gasteiger partial charge is 0.253 e. The fourth-order valence-electron chi connectivity index (χ4n) is 2.30. The Morgan fingerprint density at radius 1 is 1.25 bits per heavy atom. The van der Waals surface area contributed by atoms with Gasteiger partial charge >= 0.3 is 0 Å². The van der Waals surface area contributed by atoms with Gasteiger partial charge in [-0.3, -0.25) is 4.79 Å². The molecule has 0 aliphatic heterocycles. The number of benzene rings is 1. The first-order valence-electron chi connectivity index (χ1n) is 7.83. The largest absolute Gasteiger partial charge is 0.385 e. The monoisotopic (exact) mass is 376 g/mol. The number of amides is 1. The summed E-state index contributed by atoms with van der Waals surface area (Å²) in [7, 11) is -0.450. The Labute approximate surface area is 149 Å². The van der Waals surface area contributed by atoms with Crippen molar-refractivity contribution in [3.63, 3.8) is 0 Å². The normalized spacial score (nSPS) is 11.8. The third-order valence-electron chi connectivity index (χ3n) is 3.69. The third-order valence-corrected chi connectivity index (χ3v) is 6.22. The number of carbonyl (C=O) groups excluding carboxylic acids is 1. The van der Waals surface area contributed by atoms with Crippen molar-refractivity contribution in [2.24, 2.45) is 0 Å². The molecular formula is C16H25ClN2O4S. The van der Waals surface area contributed by atoms with Crippen molar-refractivity contribution < 1.29 is 17.9 Å². The highest BCUT2D eigenvalue weighted by atomic mass is 35.5. The minimum atomic E-state index is -3.72. The van der Waals surface area contributed by atoms with Crippen LogP contribution in [0, 0.1) is 0 Å². The number of methoxy groups -OCH3 is 1. The van der Waals surface area contributed by atoms with E-state index < -0.39 is 10.0 Å². The third kappa shape index (κ3) is 4.92. The molecular weight excluding hydrogens is 352 g/mol. The Balaban J connectivity index is 3.12. The van der Waals surface area contributed by atoms with Crippen LogP contribution in [0.15, 0.2) is 23.1 Å². The molecule has 24 heavy (non-hydrogen) atoms. The van der Waals surface area contributed by atoms with Gasteiger partial charge in [-0.2, -0.15) is 4.31 Å². The summed E-state index contributed by atoms with van der Waals surface area (Å²) >= 11 is 6.08. The topological polar surface area (TPSA) is 66.9 Å². The Hall–Kier alpha value is -1.15. The lowest BCUT2D eigenvalue weighted by atomic mass is 10.2. The van der Waals surface area contributed by atoms with E-state index >= 15 is 0 Å². The van der Waals surface area contributed by atoms with Crippen LogP contribution in [0.1, 0.15) is 30.6 Å². The first-order valence-corrected chi connectivity index (χ1v) is 9.65. The van der Waals surface area contributed by atoms with E-state index in [4.69, 9.17) is 16.3 Å². The molecule has 8 heteroatoms. The van der Waals surface area contributed by atoms with Crippen molar-refractivity contribution in [1.82, 2.24) is 9.21 Å². The lowest BCUT2D eigenvalue weighted by Crippen LogP contribution is -2.31.